The Hall–Kier alpha value is -0.450. The average molecular weight is 329 g/mol. The van der Waals surface area contributed by atoms with Crippen molar-refractivity contribution in [2.45, 2.75) is 26.8 Å². The van der Waals surface area contributed by atoms with Gasteiger partial charge in [0.25, 0.3) is 0 Å². The molecule has 0 aliphatic carbocycles. The lowest BCUT2D eigenvalue weighted by Gasteiger charge is -2.43. The zero-order valence-electron chi connectivity index (χ0n) is 11.8. The Morgan fingerprint density at radius 3 is 2.47 bits per heavy atom. The Bertz CT molecular complexity index is 436. The van der Waals surface area contributed by atoms with Gasteiger partial charge in [-0.2, -0.15) is 0 Å². The van der Waals surface area contributed by atoms with E-state index in [0.29, 0.717) is 0 Å². The molecule has 0 amide bonds. The highest BCUT2D eigenvalue weighted by molar-refractivity contribution is 9.10. The smallest absolute Gasteiger partial charge is 0.123 e. The number of rotatable bonds is 2. The SMILES string of the molecule is CC(C)(C)[C@H](c1cc(F)ccc1Br)N1CCNCC1. The van der Waals surface area contributed by atoms with Crippen LogP contribution in [0, 0.1) is 11.2 Å². The quantitative estimate of drug-likeness (QED) is 0.892. The fraction of sp³-hybridized carbons (Fsp3) is 0.600. The van der Waals surface area contributed by atoms with Gasteiger partial charge in [0, 0.05) is 36.7 Å². The van der Waals surface area contributed by atoms with Gasteiger partial charge in [-0.1, -0.05) is 36.7 Å². The maximum absolute atomic E-state index is 13.6. The van der Waals surface area contributed by atoms with Gasteiger partial charge in [-0.3, -0.25) is 4.90 Å². The van der Waals surface area contributed by atoms with E-state index in [9.17, 15) is 4.39 Å². The average Bonchev–Trinajstić information content (AvgIpc) is 2.33. The zero-order valence-corrected chi connectivity index (χ0v) is 13.4. The predicted octanol–water partition coefficient (Wildman–Crippen LogP) is 3.58. The summed E-state index contributed by atoms with van der Waals surface area (Å²) in [4.78, 5) is 2.45. The third-order valence-corrected chi connectivity index (χ3v) is 4.31. The molecule has 1 aliphatic rings. The lowest BCUT2D eigenvalue weighted by molar-refractivity contribution is 0.0855. The van der Waals surface area contributed by atoms with Crippen LogP contribution in [-0.4, -0.2) is 31.1 Å². The van der Waals surface area contributed by atoms with E-state index in [2.05, 4.69) is 46.9 Å². The molecule has 0 spiro atoms. The van der Waals surface area contributed by atoms with Gasteiger partial charge in [0.05, 0.1) is 0 Å². The predicted molar refractivity (Wildman–Crippen MR) is 80.7 cm³/mol. The summed E-state index contributed by atoms with van der Waals surface area (Å²) in [6, 6.07) is 5.21. The van der Waals surface area contributed by atoms with E-state index in [4.69, 9.17) is 0 Å². The van der Waals surface area contributed by atoms with Gasteiger partial charge < -0.3 is 5.32 Å². The minimum Gasteiger partial charge on any atom is -0.314 e. The van der Waals surface area contributed by atoms with Crippen LogP contribution in [0.5, 0.6) is 0 Å². The van der Waals surface area contributed by atoms with E-state index >= 15 is 0 Å². The molecular weight excluding hydrogens is 307 g/mol. The van der Waals surface area contributed by atoms with E-state index in [1.807, 2.05) is 6.07 Å². The molecule has 4 heteroatoms. The molecule has 1 saturated heterocycles. The number of piperazine rings is 1. The maximum atomic E-state index is 13.6. The van der Waals surface area contributed by atoms with Crippen molar-refractivity contribution < 1.29 is 4.39 Å². The monoisotopic (exact) mass is 328 g/mol. The number of hydrogen-bond acceptors (Lipinski definition) is 2. The fourth-order valence-electron chi connectivity index (χ4n) is 2.88. The molecule has 0 unspecified atom stereocenters. The number of nitrogens with one attached hydrogen (secondary N) is 1. The topological polar surface area (TPSA) is 15.3 Å². The molecule has 2 nitrogen and oxygen atoms in total. The molecular formula is C15H22BrFN2. The minimum atomic E-state index is -0.164. The Morgan fingerprint density at radius 2 is 1.89 bits per heavy atom. The summed E-state index contributed by atoms with van der Waals surface area (Å²) < 4.78 is 14.6. The zero-order chi connectivity index (χ0) is 14.0. The molecule has 19 heavy (non-hydrogen) atoms. The standard InChI is InChI=1S/C15H22BrFN2/c1-15(2,3)14(19-8-6-18-7-9-19)12-10-11(17)4-5-13(12)16/h4-5,10,14,18H,6-9H2,1-3H3/t14-/m0/s1. The van der Waals surface area contributed by atoms with Crippen LogP contribution in [0.2, 0.25) is 0 Å². The van der Waals surface area contributed by atoms with E-state index < -0.39 is 0 Å². The summed E-state index contributed by atoms with van der Waals surface area (Å²) in [5, 5.41) is 3.37. The highest BCUT2D eigenvalue weighted by Gasteiger charge is 2.33. The van der Waals surface area contributed by atoms with Crippen LogP contribution in [0.1, 0.15) is 32.4 Å². The van der Waals surface area contributed by atoms with Crippen molar-refractivity contribution in [3.63, 3.8) is 0 Å². The Balaban J connectivity index is 2.39. The Morgan fingerprint density at radius 1 is 1.26 bits per heavy atom. The first kappa shape index (κ1) is 14.9. The molecule has 0 aromatic heterocycles. The molecule has 1 aromatic rings. The summed E-state index contributed by atoms with van der Waals surface area (Å²) in [7, 11) is 0. The van der Waals surface area contributed by atoms with Crippen molar-refractivity contribution in [3.05, 3.63) is 34.1 Å². The molecule has 1 N–H and O–H groups in total. The lowest BCUT2D eigenvalue weighted by Crippen LogP contribution is -2.48. The van der Waals surface area contributed by atoms with Crippen molar-refractivity contribution in [1.29, 1.82) is 0 Å². The van der Waals surface area contributed by atoms with Crippen LogP contribution in [0.15, 0.2) is 22.7 Å². The molecule has 106 valence electrons. The second-order valence-corrected chi connectivity index (χ2v) is 7.07. The normalized spacial score (nSPS) is 19.4. The van der Waals surface area contributed by atoms with Crippen LogP contribution in [0.25, 0.3) is 0 Å². The van der Waals surface area contributed by atoms with E-state index in [-0.39, 0.29) is 17.3 Å². The van der Waals surface area contributed by atoms with Gasteiger partial charge in [0.15, 0.2) is 0 Å². The number of nitrogens with zero attached hydrogens (tertiary/aromatic N) is 1. The van der Waals surface area contributed by atoms with Crippen molar-refractivity contribution in [2.75, 3.05) is 26.2 Å². The van der Waals surface area contributed by atoms with Crippen LogP contribution < -0.4 is 5.32 Å². The molecule has 1 aromatic carbocycles. The second kappa shape index (κ2) is 5.90. The summed E-state index contributed by atoms with van der Waals surface area (Å²) >= 11 is 3.58. The van der Waals surface area contributed by atoms with Crippen molar-refractivity contribution in [2.24, 2.45) is 5.41 Å². The summed E-state index contributed by atoms with van der Waals surface area (Å²) in [5.41, 5.74) is 1.11. The van der Waals surface area contributed by atoms with Crippen LogP contribution in [-0.2, 0) is 0 Å². The summed E-state index contributed by atoms with van der Waals surface area (Å²) in [5.74, 6) is -0.164. The summed E-state index contributed by atoms with van der Waals surface area (Å²) in [6.45, 7) is 10.7. The number of hydrogen-bond donors (Lipinski definition) is 1. The fourth-order valence-corrected chi connectivity index (χ4v) is 3.34. The number of halogens is 2. The first-order valence-corrected chi connectivity index (χ1v) is 7.58. The maximum Gasteiger partial charge on any atom is 0.123 e. The van der Waals surface area contributed by atoms with Crippen LogP contribution >= 0.6 is 15.9 Å². The molecule has 2 rings (SSSR count). The first-order valence-electron chi connectivity index (χ1n) is 6.79. The molecule has 1 fully saturated rings. The van der Waals surface area contributed by atoms with Gasteiger partial charge in [-0.05, 0) is 29.2 Å². The van der Waals surface area contributed by atoms with E-state index in [1.54, 1.807) is 6.07 Å². The van der Waals surface area contributed by atoms with E-state index in [0.717, 1.165) is 36.2 Å². The third kappa shape index (κ3) is 3.56. The molecule has 1 heterocycles. The molecule has 0 bridgehead atoms. The molecule has 0 radical (unpaired) electrons. The summed E-state index contributed by atoms with van der Waals surface area (Å²) in [6.07, 6.45) is 0. The highest BCUT2D eigenvalue weighted by Crippen LogP contribution is 2.41. The highest BCUT2D eigenvalue weighted by atomic mass is 79.9. The second-order valence-electron chi connectivity index (χ2n) is 6.22. The van der Waals surface area contributed by atoms with Gasteiger partial charge in [-0.25, -0.2) is 4.39 Å². The first-order chi connectivity index (χ1) is 8.89. The lowest BCUT2D eigenvalue weighted by atomic mass is 9.81. The van der Waals surface area contributed by atoms with Gasteiger partial charge in [0.2, 0.25) is 0 Å². The molecule has 1 aliphatic heterocycles. The van der Waals surface area contributed by atoms with E-state index in [1.165, 1.54) is 6.07 Å². The van der Waals surface area contributed by atoms with Gasteiger partial charge in [-0.15, -0.1) is 0 Å². The Kier molecular flexibility index (Phi) is 4.64. The van der Waals surface area contributed by atoms with Gasteiger partial charge >= 0.3 is 0 Å². The molecule has 1 atom stereocenters. The van der Waals surface area contributed by atoms with Crippen molar-refractivity contribution in [3.8, 4) is 0 Å². The Labute approximate surface area is 123 Å². The van der Waals surface area contributed by atoms with Crippen LogP contribution in [0.3, 0.4) is 0 Å². The van der Waals surface area contributed by atoms with Crippen molar-refractivity contribution in [1.82, 2.24) is 10.2 Å². The van der Waals surface area contributed by atoms with Gasteiger partial charge in [0.1, 0.15) is 5.82 Å². The number of benzene rings is 1. The minimum absolute atomic E-state index is 0.0631. The third-order valence-electron chi connectivity index (χ3n) is 3.59. The largest absolute Gasteiger partial charge is 0.314 e. The molecule has 0 saturated carbocycles. The van der Waals surface area contributed by atoms with Crippen molar-refractivity contribution >= 4 is 15.9 Å². The van der Waals surface area contributed by atoms with Crippen LogP contribution in [0.4, 0.5) is 4.39 Å².